The Morgan fingerprint density at radius 3 is 2.22 bits per heavy atom. The Bertz CT molecular complexity index is 542. The van der Waals surface area contributed by atoms with Crippen LogP contribution < -0.4 is 5.73 Å². The summed E-state index contributed by atoms with van der Waals surface area (Å²) >= 11 is 5.87. The van der Waals surface area contributed by atoms with Crippen LogP contribution in [0.2, 0.25) is 5.02 Å². The summed E-state index contributed by atoms with van der Waals surface area (Å²) in [5.41, 5.74) is 9.76. The maximum absolute atomic E-state index is 6.29. The molecule has 0 amide bonds. The van der Waals surface area contributed by atoms with Crippen molar-refractivity contribution in [3.8, 4) is 0 Å². The fourth-order valence-corrected chi connectivity index (χ4v) is 2.46. The Balaban J connectivity index is 2.21. The average molecular weight is 264 g/mol. The Hall–Kier alpha value is -1.25. The molecule has 18 heavy (non-hydrogen) atoms. The average Bonchev–Trinajstić information content (AvgIpc) is 2.56. The highest BCUT2D eigenvalue weighted by atomic mass is 35.5. The van der Waals surface area contributed by atoms with Crippen molar-refractivity contribution in [2.45, 2.75) is 33.2 Å². The van der Waals surface area contributed by atoms with Gasteiger partial charge in [-0.05, 0) is 50.5 Å². The third kappa shape index (κ3) is 2.60. The molecule has 2 aromatic rings. The van der Waals surface area contributed by atoms with Crippen molar-refractivity contribution in [1.82, 2.24) is 0 Å². The zero-order valence-electron chi connectivity index (χ0n) is 11.0. The van der Waals surface area contributed by atoms with Crippen molar-refractivity contribution in [3.63, 3.8) is 0 Å². The predicted molar refractivity (Wildman–Crippen MR) is 75.0 cm³/mol. The lowest BCUT2D eigenvalue weighted by Crippen LogP contribution is -2.14. The standard InChI is InChI=1S/C15H18ClNO/c1-9-10(2)18-11(3)15(9)14(17)8-12-4-6-13(16)7-5-12/h4-7,14H,8,17H2,1-3H3. The van der Waals surface area contributed by atoms with E-state index in [1.165, 1.54) is 5.56 Å². The molecule has 3 heteroatoms. The molecule has 0 saturated heterocycles. The van der Waals surface area contributed by atoms with E-state index in [9.17, 15) is 0 Å². The van der Waals surface area contributed by atoms with Crippen molar-refractivity contribution >= 4 is 11.6 Å². The SMILES string of the molecule is Cc1oc(C)c(C(N)Cc2ccc(Cl)cc2)c1C. The maximum Gasteiger partial charge on any atom is 0.106 e. The molecule has 0 spiro atoms. The van der Waals surface area contributed by atoms with Gasteiger partial charge in [-0.3, -0.25) is 0 Å². The van der Waals surface area contributed by atoms with Crippen LogP contribution in [0.25, 0.3) is 0 Å². The summed E-state index contributed by atoms with van der Waals surface area (Å²) in [6.45, 7) is 6.00. The normalized spacial score (nSPS) is 12.7. The Morgan fingerprint density at radius 1 is 1.11 bits per heavy atom. The molecular formula is C15H18ClNO. The minimum Gasteiger partial charge on any atom is -0.466 e. The van der Waals surface area contributed by atoms with E-state index >= 15 is 0 Å². The molecule has 1 unspecified atom stereocenters. The van der Waals surface area contributed by atoms with Gasteiger partial charge in [0.15, 0.2) is 0 Å². The second-order valence-corrected chi connectivity index (χ2v) is 5.13. The number of rotatable bonds is 3. The van der Waals surface area contributed by atoms with Crippen LogP contribution in [0.5, 0.6) is 0 Å². The minimum absolute atomic E-state index is 0.0383. The Labute approximate surface area is 113 Å². The van der Waals surface area contributed by atoms with Crippen LogP contribution in [-0.2, 0) is 6.42 Å². The van der Waals surface area contributed by atoms with E-state index in [1.54, 1.807) is 0 Å². The van der Waals surface area contributed by atoms with Crippen LogP contribution in [-0.4, -0.2) is 0 Å². The molecule has 2 rings (SSSR count). The van der Waals surface area contributed by atoms with Crippen molar-refractivity contribution in [2.24, 2.45) is 5.73 Å². The molecule has 2 nitrogen and oxygen atoms in total. The van der Waals surface area contributed by atoms with Crippen molar-refractivity contribution in [1.29, 1.82) is 0 Å². The molecular weight excluding hydrogens is 246 g/mol. The third-order valence-electron chi connectivity index (χ3n) is 3.36. The first kappa shape index (κ1) is 13.2. The van der Waals surface area contributed by atoms with Gasteiger partial charge in [0.1, 0.15) is 11.5 Å². The number of aryl methyl sites for hydroxylation is 2. The number of benzene rings is 1. The van der Waals surface area contributed by atoms with Gasteiger partial charge in [0.05, 0.1) is 0 Å². The van der Waals surface area contributed by atoms with Gasteiger partial charge in [0, 0.05) is 16.6 Å². The van der Waals surface area contributed by atoms with E-state index in [0.717, 1.165) is 34.1 Å². The predicted octanol–water partition coefficient (Wildman–Crippen LogP) is 4.10. The Morgan fingerprint density at radius 2 is 1.72 bits per heavy atom. The second kappa shape index (κ2) is 5.17. The van der Waals surface area contributed by atoms with Gasteiger partial charge in [-0.15, -0.1) is 0 Å². The second-order valence-electron chi connectivity index (χ2n) is 4.69. The molecule has 1 heterocycles. The van der Waals surface area contributed by atoms with Crippen molar-refractivity contribution in [3.05, 3.63) is 57.5 Å². The summed E-state index contributed by atoms with van der Waals surface area (Å²) in [6, 6.07) is 7.77. The molecule has 0 aliphatic carbocycles. The fraction of sp³-hybridized carbons (Fsp3) is 0.333. The molecule has 0 bridgehead atoms. The van der Waals surface area contributed by atoms with Gasteiger partial charge in [0.25, 0.3) is 0 Å². The summed E-state index contributed by atoms with van der Waals surface area (Å²) in [6.07, 6.45) is 0.790. The van der Waals surface area contributed by atoms with Gasteiger partial charge < -0.3 is 10.2 Å². The van der Waals surface area contributed by atoms with E-state index in [1.807, 2.05) is 38.1 Å². The minimum atomic E-state index is -0.0383. The maximum atomic E-state index is 6.29. The summed E-state index contributed by atoms with van der Waals surface area (Å²) in [5.74, 6) is 1.88. The zero-order valence-corrected chi connectivity index (χ0v) is 11.7. The van der Waals surface area contributed by atoms with Crippen LogP contribution in [0.15, 0.2) is 28.7 Å². The number of halogens is 1. The topological polar surface area (TPSA) is 39.2 Å². The first-order valence-corrected chi connectivity index (χ1v) is 6.43. The number of hydrogen-bond acceptors (Lipinski definition) is 2. The highest BCUT2D eigenvalue weighted by molar-refractivity contribution is 6.30. The van der Waals surface area contributed by atoms with E-state index in [2.05, 4.69) is 6.92 Å². The molecule has 2 N–H and O–H groups in total. The number of hydrogen-bond donors (Lipinski definition) is 1. The quantitative estimate of drug-likeness (QED) is 0.905. The lowest BCUT2D eigenvalue weighted by atomic mass is 9.97. The number of nitrogens with two attached hydrogens (primary N) is 1. The molecule has 1 aromatic heterocycles. The molecule has 1 aromatic carbocycles. The summed E-state index contributed by atoms with van der Waals surface area (Å²) in [5, 5.41) is 0.749. The van der Waals surface area contributed by atoms with Crippen LogP contribution in [0.3, 0.4) is 0 Å². The van der Waals surface area contributed by atoms with Crippen molar-refractivity contribution in [2.75, 3.05) is 0 Å². The monoisotopic (exact) mass is 263 g/mol. The van der Waals surface area contributed by atoms with Crippen molar-refractivity contribution < 1.29 is 4.42 Å². The molecule has 1 atom stereocenters. The first-order valence-electron chi connectivity index (χ1n) is 6.05. The van der Waals surface area contributed by atoms with Gasteiger partial charge in [-0.1, -0.05) is 23.7 Å². The third-order valence-corrected chi connectivity index (χ3v) is 3.61. The fourth-order valence-electron chi connectivity index (χ4n) is 2.33. The van der Waals surface area contributed by atoms with Gasteiger partial charge in [-0.2, -0.15) is 0 Å². The van der Waals surface area contributed by atoms with Gasteiger partial charge in [0.2, 0.25) is 0 Å². The first-order chi connectivity index (χ1) is 8.49. The van der Waals surface area contributed by atoms with Crippen LogP contribution in [0.4, 0.5) is 0 Å². The van der Waals surface area contributed by atoms with E-state index in [4.69, 9.17) is 21.8 Å². The molecule has 0 aliphatic heterocycles. The largest absolute Gasteiger partial charge is 0.466 e. The zero-order chi connectivity index (χ0) is 13.3. The van der Waals surface area contributed by atoms with Gasteiger partial charge >= 0.3 is 0 Å². The van der Waals surface area contributed by atoms with Gasteiger partial charge in [-0.25, -0.2) is 0 Å². The van der Waals surface area contributed by atoms with E-state index in [0.29, 0.717) is 0 Å². The summed E-state index contributed by atoms with van der Waals surface area (Å²) in [4.78, 5) is 0. The summed E-state index contributed by atoms with van der Waals surface area (Å²) in [7, 11) is 0. The Kier molecular flexibility index (Phi) is 3.79. The summed E-state index contributed by atoms with van der Waals surface area (Å²) < 4.78 is 5.62. The molecule has 0 fully saturated rings. The molecule has 0 radical (unpaired) electrons. The molecule has 0 saturated carbocycles. The van der Waals surface area contributed by atoms with E-state index < -0.39 is 0 Å². The van der Waals surface area contributed by atoms with Crippen LogP contribution >= 0.6 is 11.6 Å². The highest BCUT2D eigenvalue weighted by Crippen LogP contribution is 2.28. The lowest BCUT2D eigenvalue weighted by Gasteiger charge is -2.12. The molecule has 0 aliphatic rings. The number of furan rings is 1. The van der Waals surface area contributed by atoms with Crippen LogP contribution in [0, 0.1) is 20.8 Å². The highest BCUT2D eigenvalue weighted by Gasteiger charge is 2.18. The lowest BCUT2D eigenvalue weighted by molar-refractivity contribution is 0.496. The van der Waals surface area contributed by atoms with E-state index in [-0.39, 0.29) is 6.04 Å². The smallest absolute Gasteiger partial charge is 0.106 e. The molecule has 96 valence electrons. The van der Waals surface area contributed by atoms with Crippen LogP contribution in [0.1, 0.15) is 34.3 Å².